The van der Waals surface area contributed by atoms with Gasteiger partial charge in [-0.3, -0.25) is 4.21 Å². The van der Waals surface area contributed by atoms with Crippen molar-refractivity contribution in [3.63, 3.8) is 0 Å². The van der Waals surface area contributed by atoms with E-state index < -0.39 is 16.3 Å². The Morgan fingerprint density at radius 2 is 2.38 bits per heavy atom. The van der Waals surface area contributed by atoms with Crippen molar-refractivity contribution in [1.82, 2.24) is 0 Å². The summed E-state index contributed by atoms with van der Waals surface area (Å²) >= 11 is -2.35. The van der Waals surface area contributed by atoms with Gasteiger partial charge in [-0.05, 0) is 11.1 Å². The Morgan fingerprint density at radius 1 is 1.88 bits per heavy atom. The maximum absolute atomic E-state index is 9.85. The molecule has 4 nitrogen and oxygen atoms in total. The summed E-state index contributed by atoms with van der Waals surface area (Å²) in [5, 5.41) is -1.03. The Balaban J connectivity index is 3.69. The van der Waals surface area contributed by atoms with E-state index in [2.05, 4.69) is 0 Å². The molecule has 0 saturated carbocycles. The molecule has 0 aromatic rings. The average molecular weight is 136 g/mol. The van der Waals surface area contributed by atoms with Crippen molar-refractivity contribution < 1.29 is 13.6 Å². The minimum Gasteiger partial charge on any atom is -0.772 e. The van der Waals surface area contributed by atoms with Crippen LogP contribution in [0.3, 0.4) is 0 Å². The highest BCUT2D eigenvalue weighted by Gasteiger charge is 2.01. The Morgan fingerprint density at radius 3 is 2.38 bits per heavy atom. The van der Waals surface area contributed by atoms with Crippen LogP contribution in [0, 0.1) is 0 Å². The van der Waals surface area contributed by atoms with Gasteiger partial charge in [0, 0.05) is 6.54 Å². The molecule has 0 aromatic carbocycles. The molecule has 2 unspecified atom stereocenters. The number of aldehydes is 1. The van der Waals surface area contributed by atoms with Crippen LogP contribution in [0.25, 0.3) is 0 Å². The lowest BCUT2D eigenvalue weighted by Gasteiger charge is -2.08. The smallest absolute Gasteiger partial charge is 0.135 e. The first-order valence-electron chi connectivity index (χ1n) is 1.95. The number of hydrogen-bond donors (Lipinski definition) is 1. The van der Waals surface area contributed by atoms with Crippen LogP contribution in [0.15, 0.2) is 0 Å². The van der Waals surface area contributed by atoms with Gasteiger partial charge in [-0.15, -0.1) is 0 Å². The summed E-state index contributed by atoms with van der Waals surface area (Å²) in [4.78, 5) is 9.70. The monoisotopic (exact) mass is 136 g/mol. The lowest BCUT2D eigenvalue weighted by Crippen LogP contribution is -2.26. The molecule has 0 heterocycles. The molecule has 0 spiro atoms. The lowest BCUT2D eigenvalue weighted by molar-refractivity contribution is -0.107. The highest BCUT2D eigenvalue weighted by Crippen LogP contribution is 1.82. The highest BCUT2D eigenvalue weighted by molar-refractivity contribution is 7.80. The zero-order valence-corrected chi connectivity index (χ0v) is 4.89. The zero-order chi connectivity index (χ0) is 6.57. The van der Waals surface area contributed by atoms with Crippen molar-refractivity contribution in [2.75, 3.05) is 6.54 Å². The van der Waals surface area contributed by atoms with Crippen molar-refractivity contribution in [3.05, 3.63) is 0 Å². The summed E-state index contributed by atoms with van der Waals surface area (Å²) in [6, 6.07) is 0. The van der Waals surface area contributed by atoms with Gasteiger partial charge in [0.25, 0.3) is 0 Å². The average Bonchev–Trinajstić information content (AvgIpc) is 1.69. The Hall–Kier alpha value is -0.260. The summed E-state index contributed by atoms with van der Waals surface area (Å²) < 4.78 is 19.7. The van der Waals surface area contributed by atoms with Crippen molar-refractivity contribution in [1.29, 1.82) is 0 Å². The van der Waals surface area contributed by atoms with Crippen LogP contribution in [0.4, 0.5) is 0 Å². The van der Waals surface area contributed by atoms with E-state index in [0.29, 0.717) is 6.29 Å². The van der Waals surface area contributed by atoms with Gasteiger partial charge in [0.2, 0.25) is 0 Å². The molecule has 0 aliphatic carbocycles. The largest absolute Gasteiger partial charge is 0.772 e. The van der Waals surface area contributed by atoms with E-state index in [4.69, 9.17) is 5.73 Å². The molecule has 2 N–H and O–H groups in total. The van der Waals surface area contributed by atoms with Crippen LogP contribution < -0.4 is 5.73 Å². The van der Waals surface area contributed by atoms with Gasteiger partial charge in [0.05, 0.1) is 5.25 Å². The van der Waals surface area contributed by atoms with Crippen LogP contribution in [-0.2, 0) is 15.9 Å². The molecular formula is C3H6NO3S-. The van der Waals surface area contributed by atoms with Gasteiger partial charge >= 0.3 is 0 Å². The lowest BCUT2D eigenvalue weighted by atomic mass is 10.5. The molecule has 0 aliphatic rings. The third-order valence-corrected chi connectivity index (χ3v) is 1.43. The molecule has 0 amide bonds. The fourth-order valence-electron chi connectivity index (χ4n) is 0.179. The number of hydrogen-bond acceptors (Lipinski definition) is 4. The standard InChI is InChI=1S/C3H7NO3S/c4-1-3(2-5)8(6)7/h2-3H,1,4H2,(H,6,7)/p-1. The van der Waals surface area contributed by atoms with Crippen LogP contribution in [-0.4, -0.2) is 26.8 Å². The molecule has 48 valence electrons. The van der Waals surface area contributed by atoms with Gasteiger partial charge in [0.15, 0.2) is 0 Å². The maximum atomic E-state index is 9.85. The molecule has 0 bridgehead atoms. The molecule has 5 heteroatoms. The molecule has 2 atom stereocenters. The molecule has 0 fully saturated rings. The minimum atomic E-state index is -2.35. The Bertz CT molecular complexity index is 105. The molecule has 0 aromatic heterocycles. The maximum Gasteiger partial charge on any atom is 0.135 e. The van der Waals surface area contributed by atoms with Gasteiger partial charge in [-0.25, -0.2) is 0 Å². The normalized spacial score (nSPS) is 17.2. The molecule has 0 radical (unpaired) electrons. The van der Waals surface area contributed by atoms with E-state index in [0.717, 1.165) is 0 Å². The van der Waals surface area contributed by atoms with E-state index in [1.54, 1.807) is 0 Å². The van der Waals surface area contributed by atoms with E-state index in [-0.39, 0.29) is 6.54 Å². The highest BCUT2D eigenvalue weighted by atomic mass is 32.2. The first kappa shape index (κ1) is 7.74. The quantitative estimate of drug-likeness (QED) is 0.374. The molecule has 8 heavy (non-hydrogen) atoms. The minimum absolute atomic E-state index is 0.139. The third-order valence-electron chi connectivity index (χ3n) is 0.631. The van der Waals surface area contributed by atoms with Crippen molar-refractivity contribution in [3.8, 4) is 0 Å². The second-order valence-corrected chi connectivity index (χ2v) is 2.30. The van der Waals surface area contributed by atoms with E-state index in [9.17, 15) is 13.6 Å². The molecular weight excluding hydrogens is 130 g/mol. The number of rotatable bonds is 3. The van der Waals surface area contributed by atoms with E-state index in [1.165, 1.54) is 0 Å². The number of carbonyl (C=O) groups is 1. The summed E-state index contributed by atoms with van der Waals surface area (Å²) in [6.45, 7) is -0.139. The predicted octanol–water partition coefficient (Wildman–Crippen LogP) is -1.61. The van der Waals surface area contributed by atoms with Crippen LogP contribution in [0.1, 0.15) is 0 Å². The van der Waals surface area contributed by atoms with Crippen LogP contribution in [0.2, 0.25) is 0 Å². The van der Waals surface area contributed by atoms with Crippen molar-refractivity contribution in [2.45, 2.75) is 5.25 Å². The fraction of sp³-hybridized carbons (Fsp3) is 0.667. The van der Waals surface area contributed by atoms with Gasteiger partial charge in [-0.1, -0.05) is 0 Å². The fourth-order valence-corrected chi connectivity index (χ4v) is 0.427. The molecule has 0 aliphatic heterocycles. The van der Waals surface area contributed by atoms with Gasteiger partial charge < -0.3 is 15.1 Å². The number of carbonyl (C=O) groups excluding carboxylic acids is 1. The second kappa shape index (κ2) is 3.71. The topological polar surface area (TPSA) is 83.2 Å². The molecule has 0 rings (SSSR count). The van der Waals surface area contributed by atoms with Crippen LogP contribution in [0.5, 0.6) is 0 Å². The first-order chi connectivity index (χ1) is 3.72. The summed E-state index contributed by atoms with van der Waals surface area (Å²) in [5.74, 6) is 0. The first-order valence-corrected chi connectivity index (χ1v) is 3.09. The summed E-state index contributed by atoms with van der Waals surface area (Å²) in [5.41, 5.74) is 4.86. The van der Waals surface area contributed by atoms with Crippen molar-refractivity contribution in [2.24, 2.45) is 5.73 Å². The SMILES string of the molecule is NCC(C=O)S(=O)[O-]. The second-order valence-electron chi connectivity index (χ2n) is 1.17. The molecule has 0 saturated heterocycles. The van der Waals surface area contributed by atoms with Crippen LogP contribution >= 0.6 is 0 Å². The Labute approximate surface area is 49.3 Å². The predicted molar refractivity (Wildman–Crippen MR) is 27.8 cm³/mol. The summed E-state index contributed by atoms with van der Waals surface area (Å²) in [7, 11) is 0. The van der Waals surface area contributed by atoms with Gasteiger partial charge in [0.1, 0.15) is 6.29 Å². The van der Waals surface area contributed by atoms with E-state index in [1.807, 2.05) is 0 Å². The Kier molecular flexibility index (Phi) is 3.59. The third kappa shape index (κ3) is 2.15. The zero-order valence-electron chi connectivity index (χ0n) is 4.07. The summed E-state index contributed by atoms with van der Waals surface area (Å²) in [6.07, 6.45) is 0.309. The van der Waals surface area contributed by atoms with E-state index >= 15 is 0 Å². The van der Waals surface area contributed by atoms with Gasteiger partial charge in [-0.2, -0.15) is 0 Å². The van der Waals surface area contributed by atoms with Crippen molar-refractivity contribution >= 4 is 17.4 Å². The number of nitrogens with two attached hydrogens (primary N) is 1.